The van der Waals surface area contributed by atoms with E-state index in [0.29, 0.717) is 0 Å². The zero-order chi connectivity index (χ0) is 14.5. The molecule has 104 valence electrons. The molecule has 1 aromatic rings. The van der Waals surface area contributed by atoms with E-state index in [1.54, 1.807) is 0 Å². The van der Waals surface area contributed by atoms with E-state index >= 15 is 0 Å². The minimum absolute atomic E-state index is 0.0916. The van der Waals surface area contributed by atoms with Crippen LogP contribution in [0.5, 0.6) is 0 Å². The molecule has 0 atom stereocenters. The van der Waals surface area contributed by atoms with E-state index < -0.39 is 5.54 Å². The molecule has 0 aliphatic carbocycles. The number of carbonyl (C=O) groups is 2. The second-order valence-electron chi connectivity index (χ2n) is 4.73. The monoisotopic (exact) mass is 327 g/mol. The predicted octanol–water partition coefficient (Wildman–Crippen LogP) is 2.75. The van der Waals surface area contributed by atoms with Crippen LogP contribution in [0.15, 0.2) is 28.7 Å². The maximum absolute atomic E-state index is 11.8. The first-order chi connectivity index (χ1) is 8.86. The van der Waals surface area contributed by atoms with Gasteiger partial charge in [0.05, 0.1) is 19.1 Å². The Morgan fingerprint density at radius 2 is 1.89 bits per heavy atom. The molecule has 19 heavy (non-hydrogen) atoms. The van der Waals surface area contributed by atoms with Gasteiger partial charge in [-0.25, -0.2) is 0 Å². The Balaban J connectivity index is 2.67. The Bertz CT molecular complexity index is 472. The van der Waals surface area contributed by atoms with Gasteiger partial charge in [-0.1, -0.05) is 34.1 Å². The van der Waals surface area contributed by atoms with Crippen LogP contribution in [0.3, 0.4) is 0 Å². The molecule has 0 fully saturated rings. The van der Waals surface area contributed by atoms with Gasteiger partial charge in [0, 0.05) is 10.9 Å². The van der Waals surface area contributed by atoms with Gasteiger partial charge in [0.15, 0.2) is 0 Å². The maximum atomic E-state index is 11.8. The molecule has 0 aliphatic rings. The number of esters is 1. The minimum Gasteiger partial charge on any atom is -0.469 e. The normalized spacial score (nSPS) is 10.9. The van der Waals surface area contributed by atoms with Crippen LogP contribution in [0.4, 0.5) is 0 Å². The van der Waals surface area contributed by atoms with Crippen LogP contribution in [0.1, 0.15) is 32.3 Å². The average molecular weight is 328 g/mol. The van der Waals surface area contributed by atoms with Crippen molar-refractivity contribution in [2.75, 3.05) is 7.11 Å². The quantitative estimate of drug-likeness (QED) is 0.846. The van der Waals surface area contributed by atoms with Crippen LogP contribution in [0.25, 0.3) is 0 Å². The third-order valence-corrected chi connectivity index (χ3v) is 3.47. The van der Waals surface area contributed by atoms with E-state index in [0.717, 1.165) is 10.0 Å². The molecule has 0 heterocycles. The average Bonchev–Trinajstić information content (AvgIpc) is 2.35. The topological polar surface area (TPSA) is 55.4 Å². The van der Waals surface area contributed by atoms with Crippen molar-refractivity contribution in [1.29, 1.82) is 0 Å². The minimum atomic E-state index is -0.507. The number of halogens is 1. The Morgan fingerprint density at radius 1 is 1.26 bits per heavy atom. The Morgan fingerprint density at radius 3 is 2.47 bits per heavy atom. The number of carbonyl (C=O) groups excluding carboxylic acids is 2. The van der Waals surface area contributed by atoms with Gasteiger partial charge in [0.25, 0.3) is 0 Å². The zero-order valence-electron chi connectivity index (χ0n) is 11.3. The van der Waals surface area contributed by atoms with E-state index in [-0.39, 0.29) is 24.7 Å². The molecular formula is C14H18BrNO3. The first-order valence-corrected chi connectivity index (χ1v) is 6.79. The highest BCUT2D eigenvalue weighted by Gasteiger charge is 2.24. The summed E-state index contributed by atoms with van der Waals surface area (Å²) in [5.41, 5.74) is 0.481. The molecule has 0 aromatic heterocycles. The van der Waals surface area contributed by atoms with Crippen molar-refractivity contribution in [3.8, 4) is 0 Å². The smallest absolute Gasteiger partial charge is 0.306 e. The summed E-state index contributed by atoms with van der Waals surface area (Å²) in [6, 6.07) is 7.72. The van der Waals surface area contributed by atoms with Gasteiger partial charge in [-0.15, -0.1) is 0 Å². The molecule has 1 N–H and O–H groups in total. The second-order valence-corrected chi connectivity index (χ2v) is 5.58. The van der Waals surface area contributed by atoms with Crippen molar-refractivity contribution in [1.82, 2.24) is 5.32 Å². The summed E-state index contributed by atoms with van der Waals surface area (Å²) in [5.74, 6) is -0.556. The summed E-state index contributed by atoms with van der Waals surface area (Å²) < 4.78 is 5.45. The Labute approximate surface area is 121 Å². The fraction of sp³-hybridized carbons (Fsp3) is 0.429. The number of methoxy groups -OCH3 is 1. The number of hydrogen-bond acceptors (Lipinski definition) is 3. The molecule has 0 bridgehead atoms. The highest BCUT2D eigenvalue weighted by Crippen LogP contribution is 2.27. The molecule has 1 rings (SSSR count). The molecule has 0 saturated heterocycles. The number of amides is 1. The summed E-state index contributed by atoms with van der Waals surface area (Å²) in [7, 11) is 1.31. The van der Waals surface area contributed by atoms with E-state index in [1.807, 2.05) is 38.1 Å². The Kier molecular flexibility index (Phi) is 5.54. The van der Waals surface area contributed by atoms with Crippen molar-refractivity contribution in [2.24, 2.45) is 0 Å². The Hall–Kier alpha value is -1.36. The zero-order valence-corrected chi connectivity index (χ0v) is 12.9. The van der Waals surface area contributed by atoms with Crippen LogP contribution in [0, 0.1) is 0 Å². The molecule has 0 radical (unpaired) electrons. The molecular weight excluding hydrogens is 310 g/mol. The van der Waals surface area contributed by atoms with Gasteiger partial charge < -0.3 is 10.1 Å². The molecule has 4 nitrogen and oxygen atoms in total. The van der Waals surface area contributed by atoms with Gasteiger partial charge >= 0.3 is 5.97 Å². The number of nitrogens with one attached hydrogen (secondary N) is 1. The standard InChI is InChI=1S/C14H18BrNO3/c1-14(2,10-6-4-5-7-11(10)15)16-12(17)8-9-13(18)19-3/h4-7H,8-9H2,1-3H3,(H,16,17). The van der Waals surface area contributed by atoms with Crippen LogP contribution >= 0.6 is 15.9 Å². The number of ether oxygens (including phenoxy) is 1. The molecule has 1 aromatic carbocycles. The van der Waals surface area contributed by atoms with Gasteiger partial charge in [-0.2, -0.15) is 0 Å². The molecule has 0 unspecified atom stereocenters. The van der Waals surface area contributed by atoms with Gasteiger partial charge in [-0.05, 0) is 25.5 Å². The fourth-order valence-electron chi connectivity index (χ4n) is 1.76. The number of rotatable bonds is 5. The summed E-state index contributed by atoms with van der Waals surface area (Å²) in [6.07, 6.45) is 0.217. The third-order valence-electron chi connectivity index (χ3n) is 2.78. The van der Waals surface area contributed by atoms with Crippen molar-refractivity contribution < 1.29 is 14.3 Å². The maximum Gasteiger partial charge on any atom is 0.306 e. The van der Waals surface area contributed by atoms with Crippen molar-refractivity contribution in [3.05, 3.63) is 34.3 Å². The highest BCUT2D eigenvalue weighted by atomic mass is 79.9. The molecule has 0 spiro atoms. The van der Waals surface area contributed by atoms with E-state index in [4.69, 9.17) is 0 Å². The summed E-state index contributed by atoms with van der Waals surface area (Å²) in [5, 5.41) is 2.92. The second kappa shape index (κ2) is 6.70. The molecule has 0 saturated carbocycles. The lowest BCUT2D eigenvalue weighted by molar-refractivity contribution is -0.142. The summed E-state index contributed by atoms with van der Waals surface area (Å²) in [4.78, 5) is 22.8. The lowest BCUT2D eigenvalue weighted by atomic mass is 9.94. The summed E-state index contributed by atoms with van der Waals surface area (Å²) in [6.45, 7) is 3.84. The third kappa shape index (κ3) is 4.67. The van der Waals surface area contributed by atoms with E-state index in [9.17, 15) is 9.59 Å². The molecule has 5 heteroatoms. The van der Waals surface area contributed by atoms with Crippen molar-refractivity contribution >= 4 is 27.8 Å². The lowest BCUT2D eigenvalue weighted by Gasteiger charge is -2.28. The first kappa shape index (κ1) is 15.7. The summed E-state index contributed by atoms with van der Waals surface area (Å²) >= 11 is 3.47. The fourth-order valence-corrected chi connectivity index (χ4v) is 2.54. The van der Waals surface area contributed by atoms with Crippen LogP contribution in [-0.2, 0) is 19.9 Å². The largest absolute Gasteiger partial charge is 0.469 e. The highest BCUT2D eigenvalue weighted by molar-refractivity contribution is 9.10. The van der Waals surface area contributed by atoms with Crippen LogP contribution in [0.2, 0.25) is 0 Å². The lowest BCUT2D eigenvalue weighted by Crippen LogP contribution is -2.41. The van der Waals surface area contributed by atoms with Gasteiger partial charge in [0.1, 0.15) is 0 Å². The van der Waals surface area contributed by atoms with E-state index in [1.165, 1.54) is 7.11 Å². The predicted molar refractivity (Wildman–Crippen MR) is 76.6 cm³/mol. The first-order valence-electron chi connectivity index (χ1n) is 5.99. The molecule has 1 amide bonds. The van der Waals surface area contributed by atoms with Gasteiger partial charge in [0.2, 0.25) is 5.91 Å². The van der Waals surface area contributed by atoms with E-state index in [2.05, 4.69) is 26.0 Å². The number of hydrogen-bond donors (Lipinski definition) is 1. The van der Waals surface area contributed by atoms with Crippen molar-refractivity contribution in [2.45, 2.75) is 32.2 Å². The van der Waals surface area contributed by atoms with Crippen LogP contribution in [-0.4, -0.2) is 19.0 Å². The number of benzene rings is 1. The SMILES string of the molecule is COC(=O)CCC(=O)NC(C)(C)c1ccccc1Br. The van der Waals surface area contributed by atoms with Crippen LogP contribution < -0.4 is 5.32 Å². The molecule has 0 aliphatic heterocycles. The van der Waals surface area contributed by atoms with Gasteiger partial charge in [-0.3, -0.25) is 9.59 Å². The van der Waals surface area contributed by atoms with Crippen molar-refractivity contribution in [3.63, 3.8) is 0 Å².